The zero-order valence-electron chi connectivity index (χ0n) is 16.5. The lowest BCUT2D eigenvalue weighted by Crippen LogP contribution is -2.27. The van der Waals surface area contributed by atoms with E-state index < -0.39 is 0 Å². The fourth-order valence-electron chi connectivity index (χ4n) is 3.17. The number of benzene rings is 2. The second kappa shape index (κ2) is 9.24. The number of amides is 1. The molecule has 4 aromatic rings. The molecule has 0 aliphatic carbocycles. The normalized spacial score (nSPS) is 10.9. The Hall–Kier alpha value is -2.96. The molecule has 1 amide bonds. The molecule has 0 unspecified atom stereocenters. The van der Waals surface area contributed by atoms with Crippen LogP contribution in [0.1, 0.15) is 21.8 Å². The van der Waals surface area contributed by atoms with Gasteiger partial charge in [-0.15, -0.1) is 11.3 Å². The summed E-state index contributed by atoms with van der Waals surface area (Å²) >= 11 is 7.61. The predicted molar refractivity (Wildman–Crippen MR) is 122 cm³/mol. The van der Waals surface area contributed by atoms with E-state index in [0.29, 0.717) is 16.4 Å². The molecular formula is C23H21ClN4OS. The van der Waals surface area contributed by atoms with Crippen molar-refractivity contribution < 1.29 is 4.79 Å². The highest BCUT2D eigenvalue weighted by atomic mass is 35.5. The lowest BCUT2D eigenvalue weighted by Gasteiger charge is -2.15. The van der Waals surface area contributed by atoms with Gasteiger partial charge in [0, 0.05) is 30.4 Å². The van der Waals surface area contributed by atoms with Gasteiger partial charge in [0.15, 0.2) is 0 Å². The third-order valence-electron chi connectivity index (χ3n) is 4.81. The Kier molecular flexibility index (Phi) is 6.26. The Morgan fingerprint density at radius 1 is 1.13 bits per heavy atom. The molecular weight excluding hydrogens is 416 g/mol. The fraction of sp³-hybridized carbons (Fsp3) is 0.174. The van der Waals surface area contributed by atoms with Gasteiger partial charge in [-0.2, -0.15) is 5.10 Å². The number of aromatic amines is 1. The van der Waals surface area contributed by atoms with Gasteiger partial charge in [-0.3, -0.25) is 9.89 Å². The van der Waals surface area contributed by atoms with Crippen molar-refractivity contribution in [2.75, 3.05) is 13.6 Å². The van der Waals surface area contributed by atoms with Gasteiger partial charge < -0.3 is 4.90 Å². The van der Waals surface area contributed by atoms with Crippen LogP contribution in [0.3, 0.4) is 0 Å². The Labute approximate surface area is 184 Å². The second-order valence-corrected chi connectivity index (χ2v) is 8.42. The minimum atomic E-state index is -0.0274. The number of hydrogen-bond donors (Lipinski definition) is 1. The van der Waals surface area contributed by atoms with Crippen molar-refractivity contribution in [2.45, 2.75) is 12.8 Å². The summed E-state index contributed by atoms with van der Waals surface area (Å²) in [6.45, 7) is 0.651. The van der Waals surface area contributed by atoms with E-state index in [1.165, 1.54) is 11.3 Å². The van der Waals surface area contributed by atoms with Crippen LogP contribution in [0.4, 0.5) is 0 Å². The van der Waals surface area contributed by atoms with Crippen LogP contribution in [0.2, 0.25) is 5.02 Å². The second-order valence-electron chi connectivity index (χ2n) is 6.98. The molecule has 2 aromatic heterocycles. The van der Waals surface area contributed by atoms with E-state index in [-0.39, 0.29) is 5.91 Å². The van der Waals surface area contributed by atoms with Crippen molar-refractivity contribution in [1.29, 1.82) is 0 Å². The van der Waals surface area contributed by atoms with Crippen LogP contribution in [0.25, 0.3) is 21.8 Å². The number of halogens is 1. The molecule has 0 aliphatic heterocycles. The van der Waals surface area contributed by atoms with Crippen molar-refractivity contribution in [3.05, 3.63) is 82.5 Å². The number of aryl methyl sites for hydroxylation is 1. The molecule has 7 heteroatoms. The van der Waals surface area contributed by atoms with Crippen LogP contribution in [0.5, 0.6) is 0 Å². The summed E-state index contributed by atoms with van der Waals surface area (Å²) < 4.78 is 0. The highest BCUT2D eigenvalue weighted by molar-refractivity contribution is 7.17. The third kappa shape index (κ3) is 4.61. The van der Waals surface area contributed by atoms with Crippen LogP contribution < -0.4 is 0 Å². The molecule has 0 spiro atoms. The quantitative estimate of drug-likeness (QED) is 0.412. The molecule has 2 heterocycles. The Morgan fingerprint density at radius 3 is 2.70 bits per heavy atom. The maximum atomic E-state index is 12.7. The van der Waals surface area contributed by atoms with Crippen LogP contribution in [-0.4, -0.2) is 39.6 Å². The van der Waals surface area contributed by atoms with Gasteiger partial charge in [0.05, 0.1) is 16.9 Å². The number of nitrogens with one attached hydrogen (secondary N) is 1. The van der Waals surface area contributed by atoms with E-state index in [4.69, 9.17) is 11.6 Å². The summed E-state index contributed by atoms with van der Waals surface area (Å²) in [6.07, 6.45) is 3.29. The number of carbonyl (C=O) groups excluding carboxylic acids is 1. The van der Waals surface area contributed by atoms with Crippen molar-refractivity contribution in [2.24, 2.45) is 0 Å². The van der Waals surface area contributed by atoms with E-state index in [1.54, 1.807) is 11.1 Å². The van der Waals surface area contributed by atoms with E-state index in [9.17, 15) is 4.79 Å². The molecule has 0 bridgehead atoms. The summed E-state index contributed by atoms with van der Waals surface area (Å²) in [4.78, 5) is 19.5. The van der Waals surface area contributed by atoms with Gasteiger partial charge in [0.1, 0.15) is 9.88 Å². The van der Waals surface area contributed by atoms with Crippen LogP contribution in [0, 0.1) is 0 Å². The third-order valence-corrected chi connectivity index (χ3v) is 6.16. The first-order chi connectivity index (χ1) is 14.6. The van der Waals surface area contributed by atoms with Crippen LogP contribution in [0.15, 0.2) is 66.9 Å². The van der Waals surface area contributed by atoms with Crippen molar-refractivity contribution in [3.63, 3.8) is 0 Å². The molecule has 0 saturated heterocycles. The van der Waals surface area contributed by atoms with Crippen molar-refractivity contribution in [1.82, 2.24) is 20.1 Å². The molecule has 0 aliphatic rings. The van der Waals surface area contributed by atoms with Gasteiger partial charge in [0.2, 0.25) is 0 Å². The molecule has 30 heavy (non-hydrogen) atoms. The molecule has 0 saturated carbocycles. The summed E-state index contributed by atoms with van der Waals surface area (Å²) in [7, 11) is 1.82. The smallest absolute Gasteiger partial charge is 0.265 e. The van der Waals surface area contributed by atoms with Gasteiger partial charge in [0.25, 0.3) is 5.91 Å². The number of H-pyrrole nitrogens is 1. The SMILES string of the molecule is CN(CCCc1cc(-c2ccccc2)n[nH]1)C(=O)c1cnc(-c2ccccc2Cl)s1. The maximum Gasteiger partial charge on any atom is 0.265 e. The maximum absolute atomic E-state index is 12.7. The summed E-state index contributed by atoms with van der Waals surface area (Å²) in [5.74, 6) is -0.0274. The highest BCUT2D eigenvalue weighted by Crippen LogP contribution is 2.31. The van der Waals surface area contributed by atoms with E-state index >= 15 is 0 Å². The first-order valence-electron chi connectivity index (χ1n) is 9.68. The van der Waals surface area contributed by atoms with E-state index in [2.05, 4.69) is 21.2 Å². The van der Waals surface area contributed by atoms with Crippen molar-refractivity contribution in [3.8, 4) is 21.8 Å². The van der Waals surface area contributed by atoms with Gasteiger partial charge in [-0.05, 0) is 25.0 Å². The monoisotopic (exact) mass is 436 g/mol. The zero-order chi connectivity index (χ0) is 20.9. The predicted octanol–water partition coefficient (Wildman–Crippen LogP) is 5.56. The minimum Gasteiger partial charge on any atom is -0.341 e. The van der Waals surface area contributed by atoms with Crippen LogP contribution >= 0.6 is 22.9 Å². The molecule has 2 aromatic carbocycles. The average molecular weight is 437 g/mol. The minimum absolute atomic E-state index is 0.0274. The Morgan fingerprint density at radius 2 is 1.90 bits per heavy atom. The molecule has 1 N–H and O–H groups in total. The van der Waals surface area contributed by atoms with E-state index in [1.807, 2.05) is 61.6 Å². The number of nitrogens with zero attached hydrogens (tertiary/aromatic N) is 3. The first kappa shape index (κ1) is 20.3. The van der Waals surface area contributed by atoms with Gasteiger partial charge in [-0.1, -0.05) is 60.1 Å². The molecule has 0 radical (unpaired) electrons. The van der Waals surface area contributed by atoms with Crippen LogP contribution in [-0.2, 0) is 6.42 Å². The lowest BCUT2D eigenvalue weighted by atomic mass is 10.1. The summed E-state index contributed by atoms with van der Waals surface area (Å²) in [5, 5.41) is 8.86. The number of hydrogen-bond acceptors (Lipinski definition) is 4. The standard InChI is InChI=1S/C23H21ClN4OS/c1-28(13-7-10-17-14-20(27-26-17)16-8-3-2-4-9-16)23(29)21-15-25-22(30-21)18-11-5-6-12-19(18)24/h2-6,8-9,11-12,14-15H,7,10,13H2,1H3,(H,26,27). The molecule has 0 atom stereocenters. The highest BCUT2D eigenvalue weighted by Gasteiger charge is 2.17. The Balaban J connectivity index is 1.33. The molecule has 5 nitrogen and oxygen atoms in total. The summed E-state index contributed by atoms with van der Waals surface area (Å²) in [6, 6.07) is 19.7. The topological polar surface area (TPSA) is 61.9 Å². The fourth-order valence-corrected chi connectivity index (χ4v) is 4.41. The molecule has 4 rings (SSSR count). The number of carbonyl (C=O) groups is 1. The molecule has 0 fully saturated rings. The zero-order valence-corrected chi connectivity index (χ0v) is 18.1. The lowest BCUT2D eigenvalue weighted by molar-refractivity contribution is 0.0798. The molecule has 152 valence electrons. The Bertz CT molecular complexity index is 1140. The van der Waals surface area contributed by atoms with Gasteiger partial charge >= 0.3 is 0 Å². The number of thiazole rings is 1. The van der Waals surface area contributed by atoms with E-state index in [0.717, 1.165) is 40.4 Å². The first-order valence-corrected chi connectivity index (χ1v) is 10.9. The number of rotatable bonds is 7. The van der Waals surface area contributed by atoms with Gasteiger partial charge in [-0.25, -0.2) is 4.98 Å². The summed E-state index contributed by atoms with van der Waals surface area (Å²) in [5.41, 5.74) is 3.94. The largest absolute Gasteiger partial charge is 0.341 e. The van der Waals surface area contributed by atoms with Crippen molar-refractivity contribution >= 4 is 28.8 Å². The number of aromatic nitrogens is 3. The average Bonchev–Trinajstić information content (AvgIpc) is 3.44.